The quantitative estimate of drug-likeness (QED) is 0.860. The second kappa shape index (κ2) is 6.64. The largest absolute Gasteiger partial charge is 0.422 e. The summed E-state index contributed by atoms with van der Waals surface area (Å²) in [5.41, 5.74) is 2.83. The Labute approximate surface area is 129 Å². The number of carbonyl (C=O) groups excluding carboxylic acids is 1. The minimum Gasteiger partial charge on any atom is -0.422 e. The van der Waals surface area contributed by atoms with Crippen LogP contribution in [0.15, 0.2) is 27.4 Å². The molecule has 1 aromatic carbocycles. The van der Waals surface area contributed by atoms with Crippen LogP contribution in [0, 0.1) is 6.92 Å². The van der Waals surface area contributed by atoms with Crippen LogP contribution >= 0.6 is 0 Å². The van der Waals surface area contributed by atoms with E-state index in [1.807, 2.05) is 32.2 Å². The van der Waals surface area contributed by atoms with E-state index in [2.05, 4.69) is 17.1 Å². The van der Waals surface area contributed by atoms with Crippen molar-refractivity contribution in [3.05, 3.63) is 39.7 Å². The molecule has 1 aromatic heterocycles. The molecule has 0 saturated carbocycles. The van der Waals surface area contributed by atoms with Gasteiger partial charge in [0.1, 0.15) is 5.58 Å². The topological polar surface area (TPSA) is 62.6 Å². The molecule has 0 bridgehead atoms. The minimum atomic E-state index is -0.327. The third-order valence-electron chi connectivity index (χ3n) is 3.93. The lowest BCUT2D eigenvalue weighted by Crippen LogP contribution is -2.25. The molecule has 0 spiro atoms. The van der Waals surface area contributed by atoms with Crippen molar-refractivity contribution in [2.24, 2.45) is 0 Å². The summed E-state index contributed by atoms with van der Waals surface area (Å²) in [5.74, 6) is -0.102. The summed E-state index contributed by atoms with van der Waals surface area (Å²) in [5, 5.41) is 3.64. The van der Waals surface area contributed by atoms with Gasteiger partial charge in [-0.2, -0.15) is 0 Å². The van der Waals surface area contributed by atoms with Crippen LogP contribution in [0.2, 0.25) is 0 Å². The third kappa shape index (κ3) is 3.30. The molecule has 0 unspecified atom stereocenters. The third-order valence-corrected chi connectivity index (χ3v) is 3.93. The first-order valence-electron chi connectivity index (χ1n) is 7.46. The molecule has 5 nitrogen and oxygen atoms in total. The van der Waals surface area contributed by atoms with Crippen molar-refractivity contribution in [1.82, 2.24) is 5.32 Å². The van der Waals surface area contributed by atoms with Crippen molar-refractivity contribution >= 4 is 22.6 Å². The Morgan fingerprint density at radius 1 is 1.36 bits per heavy atom. The molecule has 22 heavy (non-hydrogen) atoms. The summed E-state index contributed by atoms with van der Waals surface area (Å²) in [6.07, 6.45) is 0.473. The molecule has 1 amide bonds. The SMILES string of the molecule is CCN(C)c1ccc2c(C)c(CCNC(C)=O)c(=O)oc2c1. The summed E-state index contributed by atoms with van der Waals surface area (Å²) in [7, 11) is 1.99. The standard InChI is InChI=1S/C17H22N2O3/c1-5-19(4)13-6-7-14-11(2)15(8-9-18-12(3)20)17(21)22-16(14)10-13/h6-7,10H,5,8-9H2,1-4H3,(H,18,20). The van der Waals surface area contributed by atoms with E-state index in [9.17, 15) is 9.59 Å². The van der Waals surface area contributed by atoms with Gasteiger partial charge in [-0.15, -0.1) is 0 Å². The number of nitrogens with zero attached hydrogens (tertiary/aromatic N) is 1. The smallest absolute Gasteiger partial charge is 0.339 e. The molecule has 1 heterocycles. The van der Waals surface area contributed by atoms with E-state index >= 15 is 0 Å². The molecule has 0 atom stereocenters. The zero-order valence-electron chi connectivity index (χ0n) is 13.5. The van der Waals surface area contributed by atoms with E-state index < -0.39 is 0 Å². The molecular formula is C17H22N2O3. The second-order valence-corrected chi connectivity index (χ2v) is 5.42. The Kier molecular flexibility index (Phi) is 4.85. The van der Waals surface area contributed by atoms with Crippen LogP contribution in [0.5, 0.6) is 0 Å². The molecule has 2 rings (SSSR count). The van der Waals surface area contributed by atoms with Gasteiger partial charge in [0, 0.05) is 49.8 Å². The van der Waals surface area contributed by atoms with Gasteiger partial charge in [0.25, 0.3) is 0 Å². The Morgan fingerprint density at radius 3 is 2.73 bits per heavy atom. The molecule has 0 aliphatic rings. The zero-order chi connectivity index (χ0) is 16.3. The van der Waals surface area contributed by atoms with Gasteiger partial charge in [-0.1, -0.05) is 0 Å². The van der Waals surface area contributed by atoms with E-state index in [-0.39, 0.29) is 11.5 Å². The molecule has 0 saturated heterocycles. The number of rotatable bonds is 5. The van der Waals surface area contributed by atoms with Crippen molar-refractivity contribution in [1.29, 1.82) is 0 Å². The van der Waals surface area contributed by atoms with Gasteiger partial charge in [0.05, 0.1) is 0 Å². The van der Waals surface area contributed by atoms with Gasteiger partial charge in [-0.3, -0.25) is 4.79 Å². The van der Waals surface area contributed by atoms with E-state index in [0.29, 0.717) is 24.1 Å². The van der Waals surface area contributed by atoms with Gasteiger partial charge >= 0.3 is 5.63 Å². The molecule has 0 radical (unpaired) electrons. The van der Waals surface area contributed by atoms with Gasteiger partial charge in [0.15, 0.2) is 0 Å². The van der Waals surface area contributed by atoms with Gasteiger partial charge in [-0.25, -0.2) is 4.79 Å². The maximum absolute atomic E-state index is 12.2. The van der Waals surface area contributed by atoms with E-state index in [1.165, 1.54) is 6.92 Å². The maximum Gasteiger partial charge on any atom is 0.339 e. The van der Waals surface area contributed by atoms with Crippen LogP contribution in [0.1, 0.15) is 25.0 Å². The summed E-state index contributed by atoms with van der Waals surface area (Å²) >= 11 is 0. The van der Waals surface area contributed by atoms with Crippen LogP contribution < -0.4 is 15.8 Å². The predicted molar refractivity (Wildman–Crippen MR) is 88.6 cm³/mol. The summed E-state index contributed by atoms with van der Waals surface area (Å²) < 4.78 is 5.47. The van der Waals surface area contributed by atoms with Crippen molar-refractivity contribution in [2.45, 2.75) is 27.2 Å². The Bertz CT molecular complexity index is 749. The average molecular weight is 302 g/mol. The number of amides is 1. The summed E-state index contributed by atoms with van der Waals surface area (Å²) in [6.45, 7) is 6.76. The highest BCUT2D eigenvalue weighted by atomic mass is 16.4. The van der Waals surface area contributed by atoms with Crippen LogP contribution in [0.3, 0.4) is 0 Å². The fourth-order valence-corrected chi connectivity index (χ4v) is 2.46. The molecule has 1 N–H and O–H groups in total. The number of hydrogen-bond acceptors (Lipinski definition) is 4. The first kappa shape index (κ1) is 16.1. The number of carbonyl (C=O) groups is 1. The lowest BCUT2D eigenvalue weighted by Gasteiger charge is -2.17. The maximum atomic E-state index is 12.2. The number of hydrogen-bond donors (Lipinski definition) is 1. The van der Waals surface area contributed by atoms with Crippen molar-refractivity contribution in [3.8, 4) is 0 Å². The Hall–Kier alpha value is -2.30. The van der Waals surface area contributed by atoms with Crippen LogP contribution in [-0.2, 0) is 11.2 Å². The lowest BCUT2D eigenvalue weighted by molar-refractivity contribution is -0.118. The van der Waals surface area contributed by atoms with Crippen LogP contribution in [0.25, 0.3) is 11.0 Å². The zero-order valence-corrected chi connectivity index (χ0v) is 13.5. The van der Waals surface area contributed by atoms with Gasteiger partial charge in [-0.05, 0) is 38.0 Å². The van der Waals surface area contributed by atoms with Crippen molar-refractivity contribution < 1.29 is 9.21 Å². The highest BCUT2D eigenvalue weighted by Crippen LogP contribution is 2.24. The Morgan fingerprint density at radius 2 is 2.09 bits per heavy atom. The Balaban J connectivity index is 2.41. The molecule has 2 aromatic rings. The molecule has 118 valence electrons. The first-order chi connectivity index (χ1) is 10.4. The van der Waals surface area contributed by atoms with E-state index in [0.717, 1.165) is 23.2 Å². The van der Waals surface area contributed by atoms with Crippen molar-refractivity contribution in [2.75, 3.05) is 25.0 Å². The van der Waals surface area contributed by atoms with Crippen molar-refractivity contribution in [3.63, 3.8) is 0 Å². The summed E-state index contributed by atoms with van der Waals surface area (Å²) in [6, 6.07) is 5.90. The van der Waals surface area contributed by atoms with E-state index in [4.69, 9.17) is 4.42 Å². The normalized spacial score (nSPS) is 10.7. The number of benzene rings is 1. The first-order valence-corrected chi connectivity index (χ1v) is 7.46. The molecule has 0 aliphatic carbocycles. The number of fused-ring (bicyclic) bond motifs is 1. The fourth-order valence-electron chi connectivity index (χ4n) is 2.46. The minimum absolute atomic E-state index is 0.102. The van der Waals surface area contributed by atoms with E-state index in [1.54, 1.807) is 0 Å². The van der Waals surface area contributed by atoms with Crippen LogP contribution in [0.4, 0.5) is 5.69 Å². The summed E-state index contributed by atoms with van der Waals surface area (Å²) in [4.78, 5) is 25.2. The lowest BCUT2D eigenvalue weighted by atomic mass is 10.0. The second-order valence-electron chi connectivity index (χ2n) is 5.42. The van der Waals surface area contributed by atoms with Gasteiger partial charge < -0.3 is 14.6 Å². The number of nitrogens with one attached hydrogen (secondary N) is 1. The fraction of sp³-hybridized carbons (Fsp3) is 0.412. The molecule has 0 fully saturated rings. The highest BCUT2D eigenvalue weighted by molar-refractivity contribution is 5.84. The molecule has 0 aliphatic heterocycles. The highest BCUT2D eigenvalue weighted by Gasteiger charge is 2.12. The number of aryl methyl sites for hydroxylation is 1. The van der Waals surface area contributed by atoms with Crippen LogP contribution in [-0.4, -0.2) is 26.0 Å². The predicted octanol–water partition coefficient (Wildman–Crippen LogP) is 2.24. The molecular weight excluding hydrogens is 280 g/mol. The van der Waals surface area contributed by atoms with Gasteiger partial charge in [0.2, 0.25) is 5.91 Å². The number of anilines is 1. The molecule has 5 heteroatoms. The monoisotopic (exact) mass is 302 g/mol. The average Bonchev–Trinajstić information content (AvgIpc) is 2.48.